The van der Waals surface area contributed by atoms with Crippen LogP contribution in [-0.2, 0) is 4.79 Å². The van der Waals surface area contributed by atoms with Crippen molar-refractivity contribution in [2.75, 3.05) is 23.1 Å². The highest BCUT2D eigenvalue weighted by Crippen LogP contribution is 2.33. The molecule has 3 unspecified atom stereocenters. The van der Waals surface area contributed by atoms with E-state index in [1.54, 1.807) is 0 Å². The number of nitrogens with one attached hydrogen (secondary N) is 1. The zero-order valence-corrected chi connectivity index (χ0v) is 19.0. The van der Waals surface area contributed by atoms with Gasteiger partial charge in [0.05, 0.1) is 6.04 Å². The summed E-state index contributed by atoms with van der Waals surface area (Å²) in [6.45, 7) is 10.9. The number of para-hydroxylation sites is 1. The van der Waals surface area contributed by atoms with Crippen LogP contribution in [0.4, 0.5) is 17.1 Å². The molecule has 3 N–H and O–H groups in total. The minimum Gasteiger partial charge on any atom is -0.399 e. The molecule has 5 heteroatoms. The van der Waals surface area contributed by atoms with Gasteiger partial charge in [-0.2, -0.15) is 0 Å². The van der Waals surface area contributed by atoms with Crippen molar-refractivity contribution in [2.45, 2.75) is 39.3 Å². The predicted octanol–water partition coefficient (Wildman–Crippen LogP) is 5.02. The van der Waals surface area contributed by atoms with E-state index < -0.39 is 0 Å². The van der Waals surface area contributed by atoms with E-state index >= 15 is 0 Å². The molecular formula is C26H34N4O. The number of carbonyl (C=O) groups is 1. The number of hydrazine groups is 1. The fourth-order valence-electron chi connectivity index (χ4n) is 4.16. The van der Waals surface area contributed by atoms with E-state index in [1.165, 1.54) is 5.56 Å². The Morgan fingerprint density at radius 1 is 1.19 bits per heavy atom. The summed E-state index contributed by atoms with van der Waals surface area (Å²) in [5.41, 5.74) is 14.1. The second-order valence-corrected chi connectivity index (χ2v) is 8.71. The number of aldehydes is 1. The van der Waals surface area contributed by atoms with Crippen LogP contribution in [0.5, 0.6) is 0 Å². The molecule has 3 rings (SSSR count). The Morgan fingerprint density at radius 2 is 1.87 bits per heavy atom. The molecule has 31 heavy (non-hydrogen) atoms. The molecule has 2 aromatic carbocycles. The first-order valence-corrected chi connectivity index (χ1v) is 10.8. The zero-order chi connectivity index (χ0) is 22.5. The highest BCUT2D eigenvalue weighted by atomic mass is 16.1. The lowest BCUT2D eigenvalue weighted by atomic mass is 9.88. The van der Waals surface area contributed by atoms with Gasteiger partial charge in [0.25, 0.3) is 0 Å². The number of nitrogens with two attached hydrogens (primary N) is 1. The highest BCUT2D eigenvalue weighted by Gasteiger charge is 2.37. The first-order chi connectivity index (χ1) is 14.8. The number of anilines is 3. The van der Waals surface area contributed by atoms with Crippen molar-refractivity contribution in [3.05, 3.63) is 78.5 Å². The summed E-state index contributed by atoms with van der Waals surface area (Å²) in [5, 5.41) is 2.07. The molecule has 0 radical (unpaired) electrons. The summed E-state index contributed by atoms with van der Waals surface area (Å²) in [7, 11) is 2.01. The normalized spacial score (nSPS) is 21.1. The van der Waals surface area contributed by atoms with Crippen molar-refractivity contribution in [3.63, 3.8) is 0 Å². The molecule has 0 aliphatic carbocycles. The summed E-state index contributed by atoms with van der Waals surface area (Å²) < 4.78 is 0. The molecule has 0 aromatic heterocycles. The van der Waals surface area contributed by atoms with Gasteiger partial charge in [-0.3, -0.25) is 0 Å². The average Bonchev–Trinajstić information content (AvgIpc) is 2.75. The largest absolute Gasteiger partial charge is 0.399 e. The summed E-state index contributed by atoms with van der Waals surface area (Å²) in [6, 6.07) is 15.5. The Kier molecular flexibility index (Phi) is 7.18. The smallest absolute Gasteiger partial charge is 0.140 e. The molecule has 0 amide bonds. The molecule has 0 fully saturated rings. The molecule has 3 atom stereocenters. The summed E-state index contributed by atoms with van der Waals surface area (Å²) in [4.78, 5) is 14.5. The van der Waals surface area contributed by atoms with Crippen LogP contribution < -0.4 is 16.1 Å². The van der Waals surface area contributed by atoms with Crippen LogP contribution in [0.2, 0.25) is 0 Å². The number of hydrogen-bond donors (Lipinski definition) is 2. The van der Waals surface area contributed by atoms with Crippen LogP contribution in [0.3, 0.4) is 0 Å². The van der Waals surface area contributed by atoms with Crippen molar-refractivity contribution in [1.82, 2.24) is 5.01 Å². The maximum Gasteiger partial charge on any atom is 0.140 e. The Morgan fingerprint density at radius 3 is 2.48 bits per heavy atom. The summed E-state index contributed by atoms with van der Waals surface area (Å²) in [6.07, 6.45) is 6.31. The average molecular weight is 419 g/mol. The SMILES string of the molecule is C=C(C1C=CC(CC(C)C)N(Nc2ccc(N)cc2)C1C=O)N(C)c1ccccc1C. The number of aryl methyl sites for hydroxylation is 1. The van der Waals surface area contributed by atoms with Gasteiger partial charge in [-0.25, -0.2) is 5.01 Å². The van der Waals surface area contributed by atoms with E-state index in [2.05, 4.69) is 67.0 Å². The maximum absolute atomic E-state index is 12.4. The number of hydrogen-bond acceptors (Lipinski definition) is 5. The van der Waals surface area contributed by atoms with Crippen LogP contribution in [0.25, 0.3) is 0 Å². The zero-order valence-electron chi connectivity index (χ0n) is 19.0. The molecule has 1 aliphatic heterocycles. The first-order valence-electron chi connectivity index (χ1n) is 10.8. The van der Waals surface area contributed by atoms with E-state index in [9.17, 15) is 4.79 Å². The van der Waals surface area contributed by atoms with E-state index in [0.29, 0.717) is 11.6 Å². The molecule has 1 heterocycles. The number of nitrogens with zero attached hydrogens (tertiary/aromatic N) is 2. The lowest BCUT2D eigenvalue weighted by molar-refractivity contribution is -0.113. The van der Waals surface area contributed by atoms with Crippen LogP contribution in [-0.4, -0.2) is 30.4 Å². The van der Waals surface area contributed by atoms with Crippen LogP contribution in [0.1, 0.15) is 25.8 Å². The first kappa shape index (κ1) is 22.6. The lowest BCUT2D eigenvalue weighted by Gasteiger charge is -2.43. The van der Waals surface area contributed by atoms with Crippen LogP contribution in [0, 0.1) is 18.8 Å². The molecule has 2 aromatic rings. The standard InChI is InChI=1S/C26H34N4O/c1-18(2)16-23-14-15-24(20(4)29(5)25-9-7-6-8-19(25)3)26(17-31)30(23)28-22-12-10-21(27)11-13-22/h6-15,17-18,23-24,26,28H,4,16,27H2,1-3,5H3. The van der Waals surface area contributed by atoms with Crippen LogP contribution >= 0.6 is 0 Å². The van der Waals surface area contributed by atoms with E-state index in [1.807, 2.05) is 43.4 Å². The van der Waals surface area contributed by atoms with Gasteiger partial charge in [-0.15, -0.1) is 0 Å². The lowest BCUT2D eigenvalue weighted by Crippen LogP contribution is -2.54. The fourth-order valence-corrected chi connectivity index (χ4v) is 4.16. The molecule has 164 valence electrons. The van der Waals surface area contributed by atoms with Crippen molar-refractivity contribution in [2.24, 2.45) is 11.8 Å². The highest BCUT2D eigenvalue weighted by molar-refractivity contribution is 5.65. The quantitative estimate of drug-likeness (QED) is 0.358. The van der Waals surface area contributed by atoms with Gasteiger partial charge in [-0.1, -0.05) is 50.8 Å². The molecule has 0 bridgehead atoms. The third-order valence-corrected chi connectivity index (χ3v) is 5.90. The Labute approximate surface area is 186 Å². The van der Waals surface area contributed by atoms with Crippen LogP contribution in [0.15, 0.2) is 73.0 Å². The van der Waals surface area contributed by atoms with Gasteiger partial charge in [0, 0.05) is 41.8 Å². The number of nitrogen functional groups attached to an aromatic ring is 1. The number of benzene rings is 2. The van der Waals surface area contributed by atoms with Gasteiger partial charge in [-0.05, 0) is 55.2 Å². The second-order valence-electron chi connectivity index (χ2n) is 8.71. The van der Waals surface area contributed by atoms with Crippen molar-refractivity contribution in [1.29, 1.82) is 0 Å². The third kappa shape index (κ3) is 5.17. The van der Waals surface area contributed by atoms with Gasteiger partial charge < -0.3 is 20.9 Å². The monoisotopic (exact) mass is 418 g/mol. The molecule has 0 spiro atoms. The van der Waals surface area contributed by atoms with Gasteiger partial charge in [0.1, 0.15) is 6.29 Å². The minimum atomic E-state index is -0.384. The van der Waals surface area contributed by atoms with Gasteiger partial charge >= 0.3 is 0 Å². The molecular weight excluding hydrogens is 384 g/mol. The summed E-state index contributed by atoms with van der Waals surface area (Å²) in [5.74, 6) is 0.346. The van der Waals surface area contributed by atoms with E-state index in [4.69, 9.17) is 5.73 Å². The molecule has 0 saturated heterocycles. The van der Waals surface area contributed by atoms with Crippen molar-refractivity contribution < 1.29 is 4.79 Å². The summed E-state index contributed by atoms with van der Waals surface area (Å²) >= 11 is 0. The number of rotatable bonds is 8. The number of carbonyl (C=O) groups excluding carboxylic acids is 1. The fraction of sp³-hybridized carbons (Fsp3) is 0.346. The van der Waals surface area contributed by atoms with Crippen molar-refractivity contribution >= 4 is 23.3 Å². The van der Waals surface area contributed by atoms with Gasteiger partial charge in [0.2, 0.25) is 0 Å². The van der Waals surface area contributed by atoms with E-state index in [0.717, 1.165) is 29.8 Å². The minimum absolute atomic E-state index is 0.0978. The Bertz CT molecular complexity index is 935. The topological polar surface area (TPSA) is 61.6 Å². The second kappa shape index (κ2) is 9.84. The third-order valence-electron chi connectivity index (χ3n) is 5.90. The molecule has 5 nitrogen and oxygen atoms in total. The molecule has 1 aliphatic rings. The predicted molar refractivity (Wildman–Crippen MR) is 131 cm³/mol. The van der Waals surface area contributed by atoms with Gasteiger partial charge in [0.15, 0.2) is 0 Å². The van der Waals surface area contributed by atoms with Crippen molar-refractivity contribution in [3.8, 4) is 0 Å². The van der Waals surface area contributed by atoms with E-state index in [-0.39, 0.29) is 18.0 Å². The Hall–Kier alpha value is -3.05. The Balaban J connectivity index is 1.92. The maximum atomic E-state index is 12.4. The molecule has 0 saturated carbocycles.